The van der Waals surface area contributed by atoms with Crippen LogP contribution < -0.4 is 0 Å². The zero-order valence-electron chi connectivity index (χ0n) is 17.6. The SMILES string of the molecule is CCCCCCCCCCCC#Cc1cccc(C=C(CC(=O)O)CC(=O)O)c1. The van der Waals surface area contributed by atoms with E-state index in [2.05, 4.69) is 18.8 Å². The van der Waals surface area contributed by atoms with Crippen molar-refractivity contribution >= 4 is 18.0 Å². The summed E-state index contributed by atoms with van der Waals surface area (Å²) in [4.78, 5) is 21.8. The van der Waals surface area contributed by atoms with Gasteiger partial charge in [0.15, 0.2) is 0 Å². The number of carbonyl (C=O) groups is 2. The highest BCUT2D eigenvalue weighted by Crippen LogP contribution is 2.15. The van der Waals surface area contributed by atoms with Crippen LogP contribution in [0, 0.1) is 11.8 Å². The molecule has 0 saturated heterocycles. The van der Waals surface area contributed by atoms with Crippen molar-refractivity contribution in [2.24, 2.45) is 0 Å². The number of aliphatic carboxylic acids is 2. The minimum atomic E-state index is -1.03. The summed E-state index contributed by atoms with van der Waals surface area (Å²) in [5, 5.41) is 17.9. The minimum absolute atomic E-state index is 0.277. The number of rotatable bonds is 14. The van der Waals surface area contributed by atoms with Crippen LogP contribution in [0.3, 0.4) is 0 Å². The Kier molecular flexibility index (Phi) is 13.0. The van der Waals surface area contributed by atoms with Crippen molar-refractivity contribution in [2.75, 3.05) is 0 Å². The Bertz CT molecular complexity index is 704. The molecule has 0 amide bonds. The van der Waals surface area contributed by atoms with Gasteiger partial charge in [0.25, 0.3) is 0 Å². The molecular weight excluding hydrogens is 364 g/mol. The monoisotopic (exact) mass is 398 g/mol. The highest BCUT2D eigenvalue weighted by atomic mass is 16.4. The van der Waals surface area contributed by atoms with E-state index in [0.717, 1.165) is 24.0 Å². The Morgan fingerprint density at radius 1 is 0.897 bits per heavy atom. The average Bonchev–Trinajstić information content (AvgIpc) is 2.65. The van der Waals surface area contributed by atoms with Gasteiger partial charge in [-0.2, -0.15) is 0 Å². The van der Waals surface area contributed by atoms with E-state index in [1.807, 2.05) is 24.3 Å². The number of hydrogen-bond donors (Lipinski definition) is 2. The molecule has 0 bridgehead atoms. The van der Waals surface area contributed by atoms with Crippen LogP contribution in [0.1, 0.15) is 95.1 Å². The molecule has 0 radical (unpaired) electrons. The van der Waals surface area contributed by atoms with Crippen molar-refractivity contribution in [3.05, 3.63) is 41.0 Å². The third-order valence-electron chi connectivity index (χ3n) is 4.65. The maximum absolute atomic E-state index is 10.9. The summed E-state index contributed by atoms with van der Waals surface area (Å²) in [6.07, 6.45) is 13.6. The Labute approximate surface area is 175 Å². The van der Waals surface area contributed by atoms with Gasteiger partial charge in [-0.25, -0.2) is 0 Å². The van der Waals surface area contributed by atoms with Crippen LogP contribution in [-0.2, 0) is 9.59 Å². The van der Waals surface area contributed by atoms with Crippen molar-refractivity contribution in [3.63, 3.8) is 0 Å². The lowest BCUT2D eigenvalue weighted by molar-refractivity contribution is -0.136. The normalized spacial score (nSPS) is 10.1. The Balaban J connectivity index is 2.44. The Morgan fingerprint density at radius 2 is 1.48 bits per heavy atom. The van der Waals surface area contributed by atoms with E-state index >= 15 is 0 Å². The maximum atomic E-state index is 10.9. The summed E-state index contributed by atoms with van der Waals surface area (Å²) in [6, 6.07) is 7.46. The standard InChI is InChI=1S/C25H34O4/c1-2-3-4-5-6-7-8-9-10-11-12-14-21-15-13-16-22(17-21)18-23(19-24(26)27)20-25(28)29/h13,15-18H,2-11,19-20H2,1H3,(H,26,27)(H,28,29). The first-order valence-corrected chi connectivity index (χ1v) is 10.7. The molecule has 0 unspecified atom stereocenters. The molecule has 0 atom stereocenters. The lowest BCUT2D eigenvalue weighted by Crippen LogP contribution is -2.03. The molecule has 29 heavy (non-hydrogen) atoms. The molecule has 1 aromatic carbocycles. The van der Waals surface area contributed by atoms with Crippen LogP contribution >= 0.6 is 0 Å². The molecule has 158 valence electrons. The van der Waals surface area contributed by atoms with Gasteiger partial charge in [-0.3, -0.25) is 9.59 Å². The molecule has 1 rings (SSSR count). The molecule has 0 heterocycles. The molecule has 0 aromatic heterocycles. The van der Waals surface area contributed by atoms with Gasteiger partial charge in [-0.15, -0.1) is 0 Å². The van der Waals surface area contributed by atoms with Crippen LogP contribution in [0.4, 0.5) is 0 Å². The number of hydrogen-bond acceptors (Lipinski definition) is 2. The van der Waals surface area contributed by atoms with Gasteiger partial charge in [0.05, 0.1) is 12.8 Å². The summed E-state index contributed by atoms with van der Waals surface area (Å²) >= 11 is 0. The van der Waals surface area contributed by atoms with Gasteiger partial charge in [0, 0.05) is 12.0 Å². The summed E-state index contributed by atoms with van der Waals surface area (Å²) in [6.45, 7) is 2.24. The maximum Gasteiger partial charge on any atom is 0.307 e. The fraction of sp³-hybridized carbons (Fsp3) is 0.520. The highest BCUT2D eigenvalue weighted by molar-refractivity contribution is 5.78. The van der Waals surface area contributed by atoms with E-state index in [1.165, 1.54) is 51.4 Å². The number of carboxylic acids is 2. The van der Waals surface area contributed by atoms with Gasteiger partial charge < -0.3 is 10.2 Å². The predicted octanol–water partition coefficient (Wildman–Crippen LogP) is 6.29. The van der Waals surface area contributed by atoms with E-state index in [0.29, 0.717) is 5.57 Å². The summed E-state index contributed by atoms with van der Waals surface area (Å²) in [7, 11) is 0. The van der Waals surface area contributed by atoms with E-state index in [1.54, 1.807) is 6.08 Å². The van der Waals surface area contributed by atoms with Gasteiger partial charge in [0.2, 0.25) is 0 Å². The Hall–Kier alpha value is -2.54. The van der Waals surface area contributed by atoms with Crippen LogP contribution in [0.5, 0.6) is 0 Å². The van der Waals surface area contributed by atoms with Gasteiger partial charge in [-0.1, -0.05) is 88.3 Å². The van der Waals surface area contributed by atoms with Crippen molar-refractivity contribution < 1.29 is 19.8 Å². The number of unbranched alkanes of at least 4 members (excludes halogenated alkanes) is 9. The molecule has 0 aliphatic rings. The second-order valence-corrected chi connectivity index (χ2v) is 7.45. The van der Waals surface area contributed by atoms with Gasteiger partial charge in [0.1, 0.15) is 0 Å². The average molecular weight is 399 g/mol. The topological polar surface area (TPSA) is 74.6 Å². The second kappa shape index (κ2) is 15.4. The molecule has 0 saturated carbocycles. The molecule has 0 aliphatic carbocycles. The first-order valence-electron chi connectivity index (χ1n) is 10.7. The van der Waals surface area contributed by atoms with Crippen LogP contribution in [0.25, 0.3) is 6.08 Å². The lowest BCUT2D eigenvalue weighted by atomic mass is 10.0. The zero-order valence-corrected chi connectivity index (χ0v) is 17.6. The highest BCUT2D eigenvalue weighted by Gasteiger charge is 2.08. The molecule has 0 fully saturated rings. The summed E-state index contributed by atoms with van der Waals surface area (Å²) in [5.41, 5.74) is 2.00. The van der Waals surface area contributed by atoms with Gasteiger partial charge in [-0.05, 0) is 29.7 Å². The number of carboxylic acid groups (broad SMARTS) is 2. The van der Waals surface area contributed by atoms with E-state index in [-0.39, 0.29) is 12.8 Å². The largest absolute Gasteiger partial charge is 0.481 e. The molecule has 4 heteroatoms. The molecule has 1 aromatic rings. The van der Waals surface area contributed by atoms with Crippen molar-refractivity contribution in [3.8, 4) is 11.8 Å². The van der Waals surface area contributed by atoms with Crippen LogP contribution in [-0.4, -0.2) is 22.2 Å². The zero-order chi connectivity index (χ0) is 21.3. The van der Waals surface area contributed by atoms with Gasteiger partial charge >= 0.3 is 11.9 Å². The van der Waals surface area contributed by atoms with Crippen LogP contribution in [0.15, 0.2) is 29.8 Å². The third-order valence-corrected chi connectivity index (χ3v) is 4.65. The van der Waals surface area contributed by atoms with E-state index < -0.39 is 11.9 Å². The van der Waals surface area contributed by atoms with Crippen molar-refractivity contribution in [2.45, 2.75) is 84.0 Å². The summed E-state index contributed by atoms with van der Waals surface area (Å²) < 4.78 is 0. The number of benzene rings is 1. The predicted molar refractivity (Wildman–Crippen MR) is 118 cm³/mol. The molecule has 0 aliphatic heterocycles. The first-order chi connectivity index (χ1) is 14.0. The molecular formula is C25H34O4. The quantitative estimate of drug-likeness (QED) is 0.285. The fourth-order valence-corrected chi connectivity index (χ4v) is 3.18. The molecule has 4 nitrogen and oxygen atoms in total. The molecule has 0 spiro atoms. The fourth-order valence-electron chi connectivity index (χ4n) is 3.18. The minimum Gasteiger partial charge on any atom is -0.481 e. The van der Waals surface area contributed by atoms with Crippen LogP contribution in [0.2, 0.25) is 0 Å². The third kappa shape index (κ3) is 13.3. The van der Waals surface area contributed by atoms with Crippen molar-refractivity contribution in [1.29, 1.82) is 0 Å². The second-order valence-electron chi connectivity index (χ2n) is 7.45. The van der Waals surface area contributed by atoms with Crippen molar-refractivity contribution in [1.82, 2.24) is 0 Å². The Morgan fingerprint density at radius 3 is 2.07 bits per heavy atom. The van der Waals surface area contributed by atoms with E-state index in [9.17, 15) is 9.59 Å². The summed E-state index contributed by atoms with van der Waals surface area (Å²) in [5.74, 6) is 4.29. The van der Waals surface area contributed by atoms with E-state index in [4.69, 9.17) is 10.2 Å². The smallest absolute Gasteiger partial charge is 0.307 e. The lowest BCUT2D eigenvalue weighted by Gasteiger charge is -2.02. The first kappa shape index (κ1) is 24.5. The molecule has 2 N–H and O–H groups in total.